The Morgan fingerprint density at radius 3 is 1.12 bits per heavy atom. The van der Waals surface area contributed by atoms with E-state index in [1.54, 1.807) is 0 Å². The molecule has 0 fully saturated rings. The summed E-state index contributed by atoms with van der Waals surface area (Å²) in [5, 5.41) is 2.66. The van der Waals surface area contributed by atoms with Gasteiger partial charge in [-0.15, -0.1) is 0 Å². The minimum Gasteiger partial charge on any atom is -0.322 e. The van der Waals surface area contributed by atoms with Gasteiger partial charge in [-0.3, -0.25) is 0 Å². The van der Waals surface area contributed by atoms with Crippen LogP contribution in [-0.4, -0.2) is 0 Å². The molecule has 0 radical (unpaired) electrons. The molecule has 8 aromatic carbocycles. The van der Waals surface area contributed by atoms with Gasteiger partial charge in [0.2, 0.25) is 0 Å². The highest BCUT2D eigenvalue weighted by atomic mass is 15.1. The number of para-hydroxylation sites is 2. The van der Waals surface area contributed by atoms with Crippen LogP contribution in [0.2, 0.25) is 0 Å². The SMILES string of the molecule is Cc1ccc(N(c2ccccc2)c2ccc3c(c2)-c2cc(C(C)(C)N)c4c5c(cc(C(C)(C)C)c-3c25)-c2cc(N(c3ccccc3)c3ccc(C)cc3)ccc2-4)cc1. The summed E-state index contributed by atoms with van der Waals surface area (Å²) >= 11 is 0. The summed E-state index contributed by atoms with van der Waals surface area (Å²) in [6.45, 7) is 15.7. The molecular formula is C55H49N3. The minimum atomic E-state index is -0.587. The number of aryl methyl sites for hydroxylation is 2. The second-order valence-electron chi connectivity index (χ2n) is 17.9. The highest BCUT2D eigenvalue weighted by Crippen LogP contribution is 2.61. The number of rotatable bonds is 7. The fourth-order valence-electron chi connectivity index (χ4n) is 9.38. The van der Waals surface area contributed by atoms with Gasteiger partial charge in [-0.2, -0.15) is 0 Å². The van der Waals surface area contributed by atoms with Gasteiger partial charge in [-0.05, 0) is 184 Å². The third-order valence-electron chi connectivity index (χ3n) is 12.2. The van der Waals surface area contributed by atoms with Gasteiger partial charge in [0, 0.05) is 39.7 Å². The molecule has 8 aromatic rings. The van der Waals surface area contributed by atoms with Crippen LogP contribution in [0.1, 0.15) is 56.9 Å². The van der Waals surface area contributed by atoms with E-state index in [1.807, 2.05) is 0 Å². The second-order valence-corrected chi connectivity index (χ2v) is 17.9. The lowest BCUT2D eigenvalue weighted by molar-refractivity contribution is 0.557. The average Bonchev–Trinajstić information content (AvgIpc) is 3.71. The summed E-state index contributed by atoms with van der Waals surface area (Å²) in [6.07, 6.45) is 0. The summed E-state index contributed by atoms with van der Waals surface area (Å²) in [5.74, 6) is 0. The monoisotopic (exact) mass is 751 g/mol. The molecule has 284 valence electrons. The molecule has 0 unspecified atom stereocenters. The maximum atomic E-state index is 7.23. The molecule has 0 aliphatic heterocycles. The molecule has 10 rings (SSSR count). The predicted molar refractivity (Wildman–Crippen MR) is 248 cm³/mol. The standard InChI is InChI=1S/C55H49N3/c1-34-18-22-38(23-19-34)57(36-14-10-8-11-15-36)40-26-28-42-44(30-40)47-33-49(55(6,7)56)51-43-29-27-41(58(37-16-12-9-13-17-37)39-24-20-35(2)21-25-39)31-45(43)46-32-48(54(3,4)5)50(42)52(47)53(46)51/h8-33H,56H2,1-7H3. The van der Waals surface area contributed by atoms with Crippen molar-refractivity contribution in [1.29, 1.82) is 0 Å². The fraction of sp³-hybridized carbons (Fsp3) is 0.164. The highest BCUT2D eigenvalue weighted by molar-refractivity contribution is 6.28. The lowest BCUT2D eigenvalue weighted by Crippen LogP contribution is -2.29. The largest absolute Gasteiger partial charge is 0.322 e. The molecule has 0 aromatic heterocycles. The van der Waals surface area contributed by atoms with Gasteiger partial charge in [0.25, 0.3) is 0 Å². The zero-order chi connectivity index (χ0) is 40.1. The minimum absolute atomic E-state index is 0.111. The molecule has 0 heterocycles. The first-order valence-corrected chi connectivity index (χ1v) is 20.5. The molecule has 3 nitrogen and oxygen atoms in total. The lowest BCUT2D eigenvalue weighted by atomic mass is 9.79. The Morgan fingerprint density at radius 2 is 0.724 bits per heavy atom. The molecule has 0 saturated carbocycles. The van der Waals surface area contributed by atoms with Crippen molar-refractivity contribution in [2.75, 3.05) is 9.80 Å². The molecule has 0 atom stereocenters. The smallest absolute Gasteiger partial charge is 0.0468 e. The van der Waals surface area contributed by atoms with E-state index in [0.717, 1.165) is 34.1 Å². The van der Waals surface area contributed by atoms with E-state index >= 15 is 0 Å². The first-order chi connectivity index (χ1) is 27.9. The van der Waals surface area contributed by atoms with E-state index in [0.29, 0.717) is 0 Å². The molecule has 58 heavy (non-hydrogen) atoms. The van der Waals surface area contributed by atoms with Crippen molar-refractivity contribution in [3.8, 4) is 44.5 Å². The van der Waals surface area contributed by atoms with Crippen molar-refractivity contribution in [3.05, 3.63) is 180 Å². The number of hydrogen-bond donors (Lipinski definition) is 1. The zero-order valence-corrected chi connectivity index (χ0v) is 34.5. The van der Waals surface area contributed by atoms with Gasteiger partial charge in [0.15, 0.2) is 0 Å². The maximum absolute atomic E-state index is 7.23. The fourth-order valence-corrected chi connectivity index (χ4v) is 9.38. The van der Waals surface area contributed by atoms with Crippen LogP contribution in [0.3, 0.4) is 0 Å². The molecular weight excluding hydrogens is 703 g/mol. The second kappa shape index (κ2) is 13.1. The van der Waals surface area contributed by atoms with Crippen molar-refractivity contribution >= 4 is 44.9 Å². The molecule has 2 aliphatic rings. The van der Waals surface area contributed by atoms with E-state index in [9.17, 15) is 0 Å². The van der Waals surface area contributed by atoms with Crippen molar-refractivity contribution in [2.24, 2.45) is 5.73 Å². The van der Waals surface area contributed by atoms with Gasteiger partial charge in [0.05, 0.1) is 0 Å². The van der Waals surface area contributed by atoms with Crippen LogP contribution < -0.4 is 15.5 Å². The highest BCUT2D eigenvalue weighted by Gasteiger charge is 2.38. The van der Waals surface area contributed by atoms with Crippen molar-refractivity contribution in [2.45, 2.75) is 59.4 Å². The zero-order valence-electron chi connectivity index (χ0n) is 34.5. The van der Waals surface area contributed by atoms with Crippen LogP contribution in [0.4, 0.5) is 34.1 Å². The van der Waals surface area contributed by atoms with Crippen molar-refractivity contribution < 1.29 is 0 Å². The van der Waals surface area contributed by atoms with E-state index in [-0.39, 0.29) is 5.41 Å². The summed E-state index contributed by atoms with van der Waals surface area (Å²) in [5.41, 5.74) is 28.6. The predicted octanol–water partition coefficient (Wildman–Crippen LogP) is 15.2. The molecule has 2 N–H and O–H groups in total. The van der Waals surface area contributed by atoms with Gasteiger partial charge < -0.3 is 15.5 Å². The third kappa shape index (κ3) is 5.68. The summed E-state index contributed by atoms with van der Waals surface area (Å²) in [7, 11) is 0. The summed E-state index contributed by atoms with van der Waals surface area (Å²) < 4.78 is 0. The normalized spacial score (nSPS) is 12.5. The summed E-state index contributed by atoms with van der Waals surface area (Å²) in [4.78, 5) is 4.75. The van der Waals surface area contributed by atoms with E-state index < -0.39 is 5.54 Å². The lowest BCUT2D eigenvalue weighted by Gasteiger charge is -2.27. The number of nitrogens with zero attached hydrogens (tertiary/aromatic N) is 2. The molecule has 0 bridgehead atoms. The van der Waals surface area contributed by atoms with Crippen molar-refractivity contribution in [1.82, 2.24) is 0 Å². The van der Waals surface area contributed by atoms with Gasteiger partial charge in [-0.25, -0.2) is 0 Å². The third-order valence-corrected chi connectivity index (χ3v) is 12.2. The van der Waals surface area contributed by atoms with Crippen LogP contribution in [0.25, 0.3) is 55.3 Å². The van der Waals surface area contributed by atoms with Crippen LogP contribution in [0.15, 0.2) is 158 Å². The van der Waals surface area contributed by atoms with Gasteiger partial charge in [-0.1, -0.05) is 105 Å². The number of nitrogens with two attached hydrogens (primary N) is 1. The van der Waals surface area contributed by atoms with Crippen LogP contribution in [-0.2, 0) is 11.0 Å². The Morgan fingerprint density at radius 1 is 0.362 bits per heavy atom. The van der Waals surface area contributed by atoms with E-state index in [1.165, 1.54) is 77.5 Å². The van der Waals surface area contributed by atoms with Gasteiger partial charge in [0.1, 0.15) is 0 Å². The van der Waals surface area contributed by atoms with E-state index in [4.69, 9.17) is 5.73 Å². The maximum Gasteiger partial charge on any atom is 0.0468 e. The van der Waals surface area contributed by atoms with Crippen molar-refractivity contribution in [3.63, 3.8) is 0 Å². The Bertz CT molecular complexity index is 2690. The first kappa shape index (κ1) is 36.0. The Kier molecular flexibility index (Phi) is 8.10. The molecule has 0 spiro atoms. The van der Waals surface area contributed by atoms with E-state index in [2.05, 4.69) is 216 Å². The van der Waals surface area contributed by atoms with Crippen LogP contribution >= 0.6 is 0 Å². The number of fused-ring (bicyclic) bond motifs is 6. The number of anilines is 6. The average molecular weight is 752 g/mol. The molecule has 2 aliphatic carbocycles. The Balaban J connectivity index is 1.24. The van der Waals surface area contributed by atoms with Crippen LogP contribution in [0.5, 0.6) is 0 Å². The first-order valence-electron chi connectivity index (χ1n) is 20.5. The number of benzene rings is 8. The topological polar surface area (TPSA) is 32.5 Å². The molecule has 0 saturated heterocycles. The summed E-state index contributed by atoms with van der Waals surface area (Å²) in [6, 6.07) is 58.2. The Labute approximate surface area is 343 Å². The quantitative estimate of drug-likeness (QED) is 0.176. The van der Waals surface area contributed by atoms with Crippen LogP contribution in [0, 0.1) is 13.8 Å². The number of hydrogen-bond acceptors (Lipinski definition) is 3. The Hall–Kier alpha value is -6.42. The molecule has 3 heteroatoms. The molecule has 0 amide bonds. The van der Waals surface area contributed by atoms with Gasteiger partial charge >= 0.3 is 0 Å².